The summed E-state index contributed by atoms with van der Waals surface area (Å²) in [4.78, 5) is 16.8. The standard InChI is InChI=1S/C25H20Cl2N4O/c26-18-8-9-21(22(27)16-18)25(32)31-14-12-30(13-15-31)24-11-10-23(28-29-24)20-7-3-5-17-4-1-2-6-19(17)20/h1-11,16H,12-15H2. The highest BCUT2D eigenvalue weighted by molar-refractivity contribution is 6.36. The number of fused-ring (bicyclic) bond motifs is 1. The zero-order valence-electron chi connectivity index (χ0n) is 17.2. The van der Waals surface area contributed by atoms with E-state index in [-0.39, 0.29) is 5.91 Å². The monoisotopic (exact) mass is 462 g/mol. The first kappa shape index (κ1) is 20.7. The predicted octanol–water partition coefficient (Wildman–Crippen LogP) is 5.57. The first-order chi connectivity index (χ1) is 15.6. The number of aromatic nitrogens is 2. The van der Waals surface area contributed by atoms with Crippen LogP contribution in [0.1, 0.15) is 10.4 Å². The maximum atomic E-state index is 12.8. The van der Waals surface area contributed by atoms with Crippen molar-refractivity contribution in [2.75, 3.05) is 31.1 Å². The molecule has 5 rings (SSSR count). The second kappa shape index (κ2) is 8.77. The molecule has 0 N–H and O–H groups in total. The molecule has 1 aliphatic rings. The van der Waals surface area contributed by atoms with Crippen molar-refractivity contribution in [2.24, 2.45) is 0 Å². The smallest absolute Gasteiger partial charge is 0.255 e. The molecule has 0 saturated carbocycles. The fourth-order valence-corrected chi connectivity index (χ4v) is 4.55. The van der Waals surface area contributed by atoms with E-state index >= 15 is 0 Å². The number of hydrogen-bond acceptors (Lipinski definition) is 4. The van der Waals surface area contributed by atoms with Crippen LogP contribution in [0, 0.1) is 0 Å². The van der Waals surface area contributed by atoms with Gasteiger partial charge in [-0.15, -0.1) is 10.2 Å². The minimum atomic E-state index is -0.0799. The highest BCUT2D eigenvalue weighted by atomic mass is 35.5. The van der Waals surface area contributed by atoms with Gasteiger partial charge in [0.1, 0.15) is 0 Å². The number of carbonyl (C=O) groups excluding carboxylic acids is 1. The van der Waals surface area contributed by atoms with Gasteiger partial charge < -0.3 is 9.80 Å². The quantitative estimate of drug-likeness (QED) is 0.399. The van der Waals surface area contributed by atoms with Crippen molar-refractivity contribution in [3.05, 3.63) is 88.4 Å². The predicted molar refractivity (Wildman–Crippen MR) is 130 cm³/mol. The van der Waals surface area contributed by atoms with Gasteiger partial charge in [0.2, 0.25) is 0 Å². The Morgan fingerprint density at radius 3 is 2.34 bits per heavy atom. The van der Waals surface area contributed by atoms with Gasteiger partial charge in [-0.05, 0) is 41.1 Å². The second-order valence-electron chi connectivity index (χ2n) is 7.71. The molecule has 1 aromatic heterocycles. The molecule has 5 nitrogen and oxygen atoms in total. The molecule has 0 radical (unpaired) electrons. The minimum Gasteiger partial charge on any atom is -0.352 e. The van der Waals surface area contributed by atoms with Gasteiger partial charge in [-0.3, -0.25) is 4.79 Å². The van der Waals surface area contributed by atoms with Crippen LogP contribution in [-0.4, -0.2) is 47.2 Å². The van der Waals surface area contributed by atoms with E-state index in [1.165, 1.54) is 5.39 Å². The fourth-order valence-electron chi connectivity index (χ4n) is 4.06. The first-order valence-electron chi connectivity index (χ1n) is 10.4. The van der Waals surface area contributed by atoms with Gasteiger partial charge in [0, 0.05) is 36.8 Å². The zero-order valence-corrected chi connectivity index (χ0v) is 18.7. The van der Waals surface area contributed by atoms with Crippen molar-refractivity contribution < 1.29 is 4.79 Å². The molecule has 1 amide bonds. The highest BCUT2D eigenvalue weighted by Crippen LogP contribution is 2.28. The van der Waals surface area contributed by atoms with Crippen molar-refractivity contribution >= 4 is 45.7 Å². The fraction of sp³-hybridized carbons (Fsp3) is 0.160. The SMILES string of the molecule is O=C(c1ccc(Cl)cc1Cl)N1CCN(c2ccc(-c3cccc4ccccc34)nn2)CC1. The maximum Gasteiger partial charge on any atom is 0.255 e. The maximum absolute atomic E-state index is 12.8. The molecule has 0 spiro atoms. The average Bonchev–Trinajstić information content (AvgIpc) is 2.83. The van der Waals surface area contributed by atoms with Gasteiger partial charge in [0.15, 0.2) is 5.82 Å². The van der Waals surface area contributed by atoms with Gasteiger partial charge in [0.05, 0.1) is 16.3 Å². The zero-order chi connectivity index (χ0) is 22.1. The van der Waals surface area contributed by atoms with Crippen molar-refractivity contribution in [1.82, 2.24) is 15.1 Å². The van der Waals surface area contributed by atoms with Crippen LogP contribution < -0.4 is 4.90 Å². The molecule has 160 valence electrons. The second-order valence-corrected chi connectivity index (χ2v) is 8.55. The summed E-state index contributed by atoms with van der Waals surface area (Å²) in [5.74, 6) is 0.731. The number of halogens is 2. The first-order valence-corrected chi connectivity index (χ1v) is 11.2. The molecule has 4 aromatic rings. The van der Waals surface area contributed by atoms with Crippen LogP contribution in [0.5, 0.6) is 0 Å². The Labute approximate surface area is 196 Å². The van der Waals surface area contributed by atoms with Gasteiger partial charge in [-0.25, -0.2) is 0 Å². The molecule has 0 unspecified atom stereocenters. The average molecular weight is 463 g/mol. The summed E-state index contributed by atoms with van der Waals surface area (Å²) in [5, 5.41) is 12.2. The van der Waals surface area contributed by atoms with Crippen LogP contribution in [0.25, 0.3) is 22.0 Å². The van der Waals surface area contributed by atoms with Gasteiger partial charge in [-0.2, -0.15) is 0 Å². The summed E-state index contributed by atoms with van der Waals surface area (Å²) >= 11 is 12.2. The third-order valence-electron chi connectivity index (χ3n) is 5.77. The largest absolute Gasteiger partial charge is 0.352 e. The van der Waals surface area contributed by atoms with Crippen LogP contribution in [0.3, 0.4) is 0 Å². The molecular formula is C25H20Cl2N4O. The summed E-state index contributed by atoms with van der Waals surface area (Å²) in [7, 11) is 0. The van der Waals surface area contributed by atoms with Crippen molar-refractivity contribution in [3.63, 3.8) is 0 Å². The third kappa shape index (κ3) is 4.01. The van der Waals surface area contributed by atoms with E-state index in [1.807, 2.05) is 35.2 Å². The Kier molecular flexibility index (Phi) is 5.68. The molecule has 0 atom stereocenters. The van der Waals surface area contributed by atoms with Crippen LogP contribution in [0.15, 0.2) is 72.8 Å². The van der Waals surface area contributed by atoms with Crippen molar-refractivity contribution in [3.8, 4) is 11.3 Å². The summed E-state index contributed by atoms with van der Waals surface area (Å²) in [6, 6.07) is 23.4. The van der Waals surface area contributed by atoms with E-state index in [4.69, 9.17) is 23.2 Å². The van der Waals surface area contributed by atoms with E-state index in [0.717, 1.165) is 22.5 Å². The van der Waals surface area contributed by atoms with Crippen LogP contribution in [0.4, 0.5) is 5.82 Å². The minimum absolute atomic E-state index is 0.0799. The van der Waals surface area contributed by atoms with E-state index in [2.05, 4.69) is 39.4 Å². The number of hydrogen-bond donors (Lipinski definition) is 0. The number of rotatable bonds is 3. The summed E-state index contributed by atoms with van der Waals surface area (Å²) < 4.78 is 0. The van der Waals surface area contributed by atoms with Crippen LogP contribution in [0.2, 0.25) is 10.0 Å². The molecule has 1 saturated heterocycles. The number of amides is 1. The van der Waals surface area contributed by atoms with Crippen LogP contribution >= 0.6 is 23.2 Å². The Bertz CT molecular complexity index is 1280. The van der Waals surface area contributed by atoms with Crippen molar-refractivity contribution in [2.45, 2.75) is 0 Å². The van der Waals surface area contributed by atoms with E-state index < -0.39 is 0 Å². The number of nitrogens with zero attached hydrogens (tertiary/aromatic N) is 4. The Morgan fingerprint density at radius 1 is 0.812 bits per heavy atom. The molecule has 1 aliphatic heterocycles. The number of anilines is 1. The molecule has 0 aliphatic carbocycles. The number of piperazine rings is 1. The summed E-state index contributed by atoms with van der Waals surface area (Å²) in [6.45, 7) is 2.54. The van der Waals surface area contributed by atoms with E-state index in [9.17, 15) is 4.79 Å². The lowest BCUT2D eigenvalue weighted by Crippen LogP contribution is -2.49. The molecule has 1 fully saturated rings. The van der Waals surface area contributed by atoms with E-state index in [0.29, 0.717) is 41.8 Å². The molecule has 3 aromatic carbocycles. The van der Waals surface area contributed by atoms with Gasteiger partial charge >= 0.3 is 0 Å². The number of benzene rings is 3. The topological polar surface area (TPSA) is 49.3 Å². The molecule has 0 bridgehead atoms. The summed E-state index contributed by atoms with van der Waals surface area (Å²) in [5.41, 5.74) is 2.39. The molecular weight excluding hydrogens is 443 g/mol. The highest BCUT2D eigenvalue weighted by Gasteiger charge is 2.24. The lowest BCUT2D eigenvalue weighted by atomic mass is 10.0. The van der Waals surface area contributed by atoms with Gasteiger partial charge in [-0.1, -0.05) is 65.7 Å². The molecule has 7 heteroatoms. The Hall–Kier alpha value is -3.15. The number of carbonyl (C=O) groups is 1. The molecule has 2 heterocycles. The summed E-state index contributed by atoms with van der Waals surface area (Å²) in [6.07, 6.45) is 0. The normalized spacial score (nSPS) is 14.1. The van der Waals surface area contributed by atoms with Crippen LogP contribution in [-0.2, 0) is 0 Å². The van der Waals surface area contributed by atoms with Crippen molar-refractivity contribution in [1.29, 1.82) is 0 Å². The lowest BCUT2D eigenvalue weighted by Gasteiger charge is -2.35. The lowest BCUT2D eigenvalue weighted by molar-refractivity contribution is 0.0746. The third-order valence-corrected chi connectivity index (χ3v) is 6.32. The van der Waals surface area contributed by atoms with Gasteiger partial charge in [0.25, 0.3) is 5.91 Å². The molecule has 32 heavy (non-hydrogen) atoms. The Morgan fingerprint density at radius 2 is 1.59 bits per heavy atom. The van der Waals surface area contributed by atoms with E-state index in [1.54, 1.807) is 18.2 Å². The Balaban J connectivity index is 1.29.